The summed E-state index contributed by atoms with van der Waals surface area (Å²) in [6.07, 6.45) is 0.428. The van der Waals surface area contributed by atoms with Crippen molar-refractivity contribution in [1.29, 1.82) is 0 Å². The topological polar surface area (TPSA) is 41.5 Å². The van der Waals surface area contributed by atoms with E-state index in [4.69, 9.17) is 0 Å². The predicted molar refractivity (Wildman–Crippen MR) is 117 cm³/mol. The van der Waals surface area contributed by atoms with Crippen molar-refractivity contribution in [2.75, 3.05) is 0 Å². The largest absolute Gasteiger partial charge is 0.426 e. The highest BCUT2D eigenvalue weighted by atomic mass is 32.1. The molecule has 1 aromatic heterocycles. The maximum atomic E-state index is 14.0. The van der Waals surface area contributed by atoms with E-state index in [0.717, 1.165) is 34.6 Å². The Morgan fingerprint density at radius 1 is 1.16 bits per heavy atom. The van der Waals surface area contributed by atoms with E-state index in [9.17, 15) is 22.4 Å². The molecule has 0 bridgehead atoms. The standard InChI is InChI=1S/C24H24F4N2OS/c1-13-11-18(21-16-8-4-6-10-20(16)32-22(21)24(26,27)28)29-12-19(14(13)2)30-23(31)15-7-3-5-9-17(15)25/h3,5,7,9,12-14H,4,6,8,10-11H2,1-2H3,(H,30,31). The minimum absolute atomic E-state index is 0.0661. The number of rotatable bonds is 3. The number of carbonyl (C=O) groups is 1. The second-order valence-electron chi connectivity index (χ2n) is 8.48. The first kappa shape index (κ1) is 22.7. The van der Waals surface area contributed by atoms with Gasteiger partial charge in [0.05, 0.1) is 5.56 Å². The van der Waals surface area contributed by atoms with Crippen LogP contribution in [0, 0.1) is 17.7 Å². The first-order chi connectivity index (χ1) is 15.2. The average Bonchev–Trinajstić information content (AvgIpc) is 3.09. The molecule has 1 amide bonds. The summed E-state index contributed by atoms with van der Waals surface area (Å²) in [4.78, 5) is 17.3. The number of aryl methyl sites for hydroxylation is 1. The number of halogens is 4. The number of aliphatic imine (C=N–C) groups is 1. The molecule has 0 radical (unpaired) electrons. The Kier molecular flexibility index (Phi) is 6.25. The number of allylic oxidation sites excluding steroid dienone is 1. The number of hydrogen-bond acceptors (Lipinski definition) is 3. The Balaban J connectivity index is 1.72. The Labute approximate surface area is 188 Å². The van der Waals surface area contributed by atoms with Crippen molar-refractivity contribution in [3.63, 3.8) is 0 Å². The first-order valence-corrected chi connectivity index (χ1v) is 11.5. The van der Waals surface area contributed by atoms with Gasteiger partial charge in [-0.1, -0.05) is 26.0 Å². The Bertz CT molecular complexity index is 1100. The van der Waals surface area contributed by atoms with Gasteiger partial charge in [0.1, 0.15) is 10.7 Å². The normalized spacial score (nSPS) is 21.3. The van der Waals surface area contributed by atoms with Crippen LogP contribution in [0.4, 0.5) is 17.6 Å². The predicted octanol–water partition coefficient (Wildman–Crippen LogP) is 6.52. The van der Waals surface area contributed by atoms with E-state index in [1.807, 2.05) is 13.8 Å². The molecule has 32 heavy (non-hydrogen) atoms. The third-order valence-corrected chi connectivity index (χ3v) is 7.65. The maximum Gasteiger partial charge on any atom is 0.426 e. The lowest BCUT2D eigenvalue weighted by Gasteiger charge is -2.22. The van der Waals surface area contributed by atoms with Gasteiger partial charge in [0.25, 0.3) is 5.91 Å². The molecule has 2 aliphatic rings. The molecule has 0 spiro atoms. The highest BCUT2D eigenvalue weighted by Crippen LogP contribution is 2.44. The van der Waals surface area contributed by atoms with Gasteiger partial charge in [-0.05, 0) is 55.7 Å². The van der Waals surface area contributed by atoms with Gasteiger partial charge in [-0.25, -0.2) is 4.39 Å². The lowest BCUT2D eigenvalue weighted by Crippen LogP contribution is -2.29. The highest BCUT2D eigenvalue weighted by molar-refractivity contribution is 7.12. The number of benzene rings is 1. The van der Waals surface area contributed by atoms with E-state index in [1.165, 1.54) is 24.4 Å². The molecule has 2 aromatic rings. The molecular weight excluding hydrogens is 440 g/mol. The second-order valence-corrected chi connectivity index (χ2v) is 9.58. The van der Waals surface area contributed by atoms with Crippen LogP contribution in [0.2, 0.25) is 0 Å². The van der Waals surface area contributed by atoms with Crippen molar-refractivity contribution < 1.29 is 22.4 Å². The Morgan fingerprint density at radius 2 is 1.88 bits per heavy atom. The zero-order valence-corrected chi connectivity index (χ0v) is 18.7. The van der Waals surface area contributed by atoms with Crippen LogP contribution >= 0.6 is 11.3 Å². The van der Waals surface area contributed by atoms with Crippen LogP contribution in [0.3, 0.4) is 0 Å². The molecule has 2 atom stereocenters. The molecule has 1 aliphatic heterocycles. The number of amides is 1. The third-order valence-electron chi connectivity index (χ3n) is 6.31. The molecule has 8 heteroatoms. The molecule has 0 saturated carbocycles. The van der Waals surface area contributed by atoms with E-state index in [2.05, 4.69) is 10.3 Å². The Hall–Kier alpha value is -2.48. The van der Waals surface area contributed by atoms with Crippen LogP contribution in [0.5, 0.6) is 0 Å². The zero-order chi connectivity index (χ0) is 23.0. The number of nitrogens with zero attached hydrogens (tertiary/aromatic N) is 1. The Morgan fingerprint density at radius 3 is 2.59 bits per heavy atom. The van der Waals surface area contributed by atoms with E-state index < -0.39 is 22.8 Å². The van der Waals surface area contributed by atoms with Gasteiger partial charge in [0.15, 0.2) is 0 Å². The van der Waals surface area contributed by atoms with Crippen molar-refractivity contribution in [1.82, 2.24) is 5.32 Å². The molecule has 2 heterocycles. The molecule has 1 aliphatic carbocycles. The third kappa shape index (κ3) is 4.37. The van der Waals surface area contributed by atoms with Crippen molar-refractivity contribution in [3.05, 3.63) is 68.4 Å². The number of thiophene rings is 1. The van der Waals surface area contributed by atoms with Gasteiger partial charge < -0.3 is 5.32 Å². The molecule has 1 N–H and O–H groups in total. The minimum atomic E-state index is -4.44. The van der Waals surface area contributed by atoms with Crippen molar-refractivity contribution in [3.8, 4) is 0 Å². The SMILES string of the molecule is CC1CC(c2c(C(F)(F)F)sc3c2CCCC3)=NC=C(NC(=O)c2ccccc2F)C1C. The van der Waals surface area contributed by atoms with E-state index >= 15 is 0 Å². The summed E-state index contributed by atoms with van der Waals surface area (Å²) < 4.78 is 55.7. The molecule has 0 saturated heterocycles. The molecule has 3 nitrogen and oxygen atoms in total. The average molecular weight is 465 g/mol. The second kappa shape index (κ2) is 8.81. The van der Waals surface area contributed by atoms with Gasteiger partial charge in [0.2, 0.25) is 0 Å². The fraction of sp³-hybridized carbons (Fsp3) is 0.417. The summed E-state index contributed by atoms with van der Waals surface area (Å²) in [7, 11) is 0. The van der Waals surface area contributed by atoms with Crippen molar-refractivity contribution in [2.24, 2.45) is 16.8 Å². The summed E-state index contributed by atoms with van der Waals surface area (Å²) in [5.74, 6) is -1.47. The molecular formula is C24H24F4N2OS. The van der Waals surface area contributed by atoms with Crippen LogP contribution in [0.25, 0.3) is 0 Å². The quantitative estimate of drug-likeness (QED) is 0.516. The van der Waals surface area contributed by atoms with Gasteiger partial charge in [0, 0.05) is 34.0 Å². The molecule has 0 fully saturated rings. The minimum Gasteiger partial charge on any atom is -0.324 e. The molecule has 2 unspecified atom stereocenters. The van der Waals surface area contributed by atoms with Crippen LogP contribution in [-0.4, -0.2) is 11.6 Å². The zero-order valence-electron chi connectivity index (χ0n) is 17.9. The summed E-state index contributed by atoms with van der Waals surface area (Å²) in [6.45, 7) is 3.82. The number of carbonyl (C=O) groups excluding carboxylic acids is 1. The summed E-state index contributed by atoms with van der Waals surface area (Å²) in [5.41, 5.74) is 1.80. The number of fused-ring (bicyclic) bond motifs is 1. The van der Waals surface area contributed by atoms with Gasteiger partial charge >= 0.3 is 6.18 Å². The van der Waals surface area contributed by atoms with Crippen molar-refractivity contribution in [2.45, 2.75) is 52.1 Å². The van der Waals surface area contributed by atoms with Gasteiger partial charge in [-0.15, -0.1) is 11.3 Å². The maximum absolute atomic E-state index is 14.0. The molecule has 4 rings (SSSR count). The van der Waals surface area contributed by atoms with Crippen LogP contribution in [0.15, 0.2) is 41.2 Å². The molecule has 1 aromatic carbocycles. The summed E-state index contributed by atoms with van der Waals surface area (Å²) in [5, 5.41) is 2.72. The fourth-order valence-electron chi connectivity index (χ4n) is 4.33. The molecule has 170 valence electrons. The van der Waals surface area contributed by atoms with Gasteiger partial charge in [-0.3, -0.25) is 9.79 Å². The first-order valence-electron chi connectivity index (χ1n) is 10.7. The highest BCUT2D eigenvalue weighted by Gasteiger charge is 2.40. The van der Waals surface area contributed by atoms with Crippen LogP contribution in [-0.2, 0) is 19.0 Å². The number of hydrogen-bond donors (Lipinski definition) is 1. The number of alkyl halides is 3. The smallest absolute Gasteiger partial charge is 0.324 e. The van der Waals surface area contributed by atoms with Crippen LogP contribution in [0.1, 0.15) is 64.3 Å². The van der Waals surface area contributed by atoms with Crippen molar-refractivity contribution >= 4 is 23.0 Å². The summed E-state index contributed by atoms with van der Waals surface area (Å²) >= 11 is 0.844. The monoisotopic (exact) mass is 464 g/mol. The van der Waals surface area contributed by atoms with Gasteiger partial charge in [-0.2, -0.15) is 13.2 Å². The van der Waals surface area contributed by atoms with E-state index in [0.29, 0.717) is 30.7 Å². The number of nitrogens with one attached hydrogen (secondary N) is 1. The van der Waals surface area contributed by atoms with E-state index in [-0.39, 0.29) is 23.0 Å². The lowest BCUT2D eigenvalue weighted by atomic mass is 9.85. The summed E-state index contributed by atoms with van der Waals surface area (Å²) in [6, 6.07) is 5.66. The fourth-order valence-corrected chi connectivity index (χ4v) is 5.61. The van der Waals surface area contributed by atoms with Crippen LogP contribution < -0.4 is 5.32 Å². The van der Waals surface area contributed by atoms with E-state index in [1.54, 1.807) is 6.07 Å². The lowest BCUT2D eigenvalue weighted by molar-refractivity contribution is -0.134.